The van der Waals surface area contributed by atoms with Crippen LogP contribution < -0.4 is 19.1 Å². The van der Waals surface area contributed by atoms with Crippen molar-refractivity contribution in [2.45, 2.75) is 12.3 Å². The number of carbonyl (C=O) groups is 1. The highest BCUT2D eigenvalue weighted by Crippen LogP contribution is 2.51. The summed E-state index contributed by atoms with van der Waals surface area (Å²) in [7, 11) is 0. The summed E-state index contributed by atoms with van der Waals surface area (Å²) in [6, 6.07) is 10.5. The van der Waals surface area contributed by atoms with E-state index in [0.29, 0.717) is 32.1 Å². The second-order valence-corrected chi connectivity index (χ2v) is 6.78. The molecule has 0 spiro atoms. The van der Waals surface area contributed by atoms with Crippen molar-refractivity contribution in [2.75, 3.05) is 31.3 Å². The molecule has 1 aliphatic carbocycles. The Labute approximate surface area is 150 Å². The van der Waals surface area contributed by atoms with E-state index in [2.05, 4.69) is 0 Å². The van der Waals surface area contributed by atoms with Gasteiger partial charge in [0.15, 0.2) is 17.3 Å². The largest absolute Gasteiger partial charge is 0.489 e. The van der Waals surface area contributed by atoms with Crippen LogP contribution in [0, 0.1) is 11.7 Å². The van der Waals surface area contributed by atoms with Crippen LogP contribution in [0.5, 0.6) is 17.2 Å². The van der Waals surface area contributed by atoms with Crippen molar-refractivity contribution in [3.63, 3.8) is 0 Å². The van der Waals surface area contributed by atoms with E-state index >= 15 is 0 Å². The minimum atomic E-state index is -0.424. The fraction of sp³-hybridized carbons (Fsp3) is 0.350. The van der Waals surface area contributed by atoms with Crippen LogP contribution in [0.3, 0.4) is 0 Å². The van der Waals surface area contributed by atoms with Crippen molar-refractivity contribution >= 4 is 11.6 Å². The van der Waals surface area contributed by atoms with E-state index in [1.165, 1.54) is 11.0 Å². The number of fused-ring (bicyclic) bond motifs is 2. The summed E-state index contributed by atoms with van der Waals surface area (Å²) in [4.78, 5) is 14.5. The summed E-state index contributed by atoms with van der Waals surface area (Å²) in [5, 5.41) is 0. The third-order valence-electron chi connectivity index (χ3n) is 5.16. The standard InChI is InChI=1S/C20H18FNO4/c21-15-2-1-3-17-19(15)22(6-7-24-17)20(23)14-11-13(14)12-4-5-16-18(10-12)26-9-8-25-16/h1-5,10,13-14H,6-9,11H2/t13-,14+/m0/s1. The SMILES string of the molecule is O=C([C@@H]1C[C@H]1c1ccc2c(c1)OCCO2)N1CCOc2cccc(F)c21. The monoisotopic (exact) mass is 355 g/mol. The van der Waals surface area contributed by atoms with Crippen LogP contribution >= 0.6 is 0 Å². The second kappa shape index (κ2) is 5.90. The Balaban J connectivity index is 1.38. The van der Waals surface area contributed by atoms with Crippen LogP contribution in [0.25, 0.3) is 0 Å². The predicted octanol–water partition coefficient (Wildman–Crippen LogP) is 3.13. The van der Waals surface area contributed by atoms with Crippen molar-refractivity contribution in [2.24, 2.45) is 5.92 Å². The number of hydrogen-bond acceptors (Lipinski definition) is 4. The number of carbonyl (C=O) groups excluding carboxylic acids is 1. The van der Waals surface area contributed by atoms with Gasteiger partial charge >= 0.3 is 0 Å². The maximum Gasteiger partial charge on any atom is 0.231 e. The van der Waals surface area contributed by atoms with E-state index in [-0.39, 0.29) is 23.4 Å². The van der Waals surface area contributed by atoms with Crippen molar-refractivity contribution < 1.29 is 23.4 Å². The van der Waals surface area contributed by atoms with Crippen molar-refractivity contribution in [1.29, 1.82) is 0 Å². The number of hydrogen-bond donors (Lipinski definition) is 0. The first-order valence-corrected chi connectivity index (χ1v) is 8.84. The normalized spacial score (nSPS) is 23.0. The molecule has 26 heavy (non-hydrogen) atoms. The van der Waals surface area contributed by atoms with Crippen molar-refractivity contribution in [3.05, 3.63) is 47.8 Å². The van der Waals surface area contributed by atoms with Gasteiger partial charge in [-0.1, -0.05) is 12.1 Å². The van der Waals surface area contributed by atoms with Crippen LogP contribution in [0.1, 0.15) is 17.9 Å². The molecule has 0 saturated heterocycles. The Hall–Kier alpha value is -2.76. The molecule has 0 bridgehead atoms. The van der Waals surface area contributed by atoms with Crippen LogP contribution in [0.2, 0.25) is 0 Å². The molecular weight excluding hydrogens is 337 g/mol. The molecule has 0 radical (unpaired) electrons. The highest BCUT2D eigenvalue weighted by Gasteiger charge is 2.47. The third-order valence-corrected chi connectivity index (χ3v) is 5.16. The molecule has 2 heterocycles. The highest BCUT2D eigenvalue weighted by molar-refractivity contribution is 5.99. The van der Waals surface area contributed by atoms with Crippen molar-refractivity contribution in [3.8, 4) is 17.2 Å². The molecule has 2 aliphatic heterocycles. The zero-order valence-corrected chi connectivity index (χ0v) is 14.1. The van der Waals surface area contributed by atoms with E-state index in [4.69, 9.17) is 14.2 Å². The number of benzene rings is 2. The van der Waals surface area contributed by atoms with Gasteiger partial charge in [-0.25, -0.2) is 4.39 Å². The zero-order valence-electron chi connectivity index (χ0n) is 14.1. The van der Waals surface area contributed by atoms with E-state index < -0.39 is 5.82 Å². The maximum atomic E-state index is 14.3. The minimum absolute atomic E-state index is 0.0421. The Morgan fingerprint density at radius 2 is 1.81 bits per heavy atom. The number of amides is 1. The topological polar surface area (TPSA) is 48.0 Å². The molecule has 3 aliphatic rings. The summed E-state index contributed by atoms with van der Waals surface area (Å²) in [5.41, 5.74) is 1.33. The molecule has 1 saturated carbocycles. The number of rotatable bonds is 2. The van der Waals surface area contributed by atoms with Gasteiger partial charge in [0.1, 0.15) is 31.3 Å². The van der Waals surface area contributed by atoms with Gasteiger partial charge in [-0.2, -0.15) is 0 Å². The Morgan fingerprint density at radius 3 is 2.69 bits per heavy atom. The van der Waals surface area contributed by atoms with Gasteiger partial charge in [-0.05, 0) is 42.2 Å². The molecule has 1 amide bonds. The van der Waals surface area contributed by atoms with Gasteiger partial charge in [0.05, 0.1) is 6.54 Å². The average molecular weight is 355 g/mol. The maximum absolute atomic E-state index is 14.3. The number of halogens is 1. The van der Waals surface area contributed by atoms with Gasteiger partial charge < -0.3 is 19.1 Å². The molecule has 134 valence electrons. The fourth-order valence-corrected chi connectivity index (χ4v) is 3.78. The lowest BCUT2D eigenvalue weighted by Crippen LogP contribution is -2.39. The van der Waals surface area contributed by atoms with Gasteiger partial charge in [0.2, 0.25) is 5.91 Å². The molecule has 2 aromatic rings. The van der Waals surface area contributed by atoms with Crippen molar-refractivity contribution in [1.82, 2.24) is 0 Å². The minimum Gasteiger partial charge on any atom is -0.489 e. The molecule has 0 aromatic heterocycles. The average Bonchev–Trinajstić information content (AvgIpc) is 3.48. The Kier molecular flexibility index (Phi) is 3.51. The Morgan fingerprint density at radius 1 is 1.00 bits per heavy atom. The summed E-state index contributed by atoms with van der Waals surface area (Å²) in [5.74, 6) is 1.44. The van der Waals surface area contributed by atoms with E-state index in [9.17, 15) is 9.18 Å². The molecule has 2 aromatic carbocycles. The predicted molar refractivity (Wildman–Crippen MR) is 92.5 cm³/mol. The summed E-state index contributed by atoms with van der Waals surface area (Å²) >= 11 is 0. The molecule has 2 atom stereocenters. The fourth-order valence-electron chi connectivity index (χ4n) is 3.78. The quantitative estimate of drug-likeness (QED) is 0.830. The first-order chi connectivity index (χ1) is 12.7. The summed E-state index contributed by atoms with van der Waals surface area (Å²) in [6.07, 6.45) is 0.764. The molecule has 5 rings (SSSR count). The highest BCUT2D eigenvalue weighted by atomic mass is 19.1. The van der Waals surface area contributed by atoms with Gasteiger partial charge in [0, 0.05) is 5.92 Å². The molecular formula is C20H18FNO4. The number of anilines is 1. The van der Waals surface area contributed by atoms with E-state index in [1.54, 1.807) is 12.1 Å². The first kappa shape index (κ1) is 15.5. The lowest BCUT2D eigenvalue weighted by Gasteiger charge is -2.30. The molecule has 5 nitrogen and oxygen atoms in total. The van der Waals surface area contributed by atoms with Gasteiger partial charge in [0.25, 0.3) is 0 Å². The first-order valence-electron chi connectivity index (χ1n) is 8.84. The second-order valence-electron chi connectivity index (χ2n) is 6.78. The van der Waals surface area contributed by atoms with Crippen LogP contribution in [0.4, 0.5) is 10.1 Å². The number of para-hydroxylation sites is 1. The lowest BCUT2D eigenvalue weighted by molar-refractivity contribution is -0.120. The lowest BCUT2D eigenvalue weighted by atomic mass is 10.1. The van der Waals surface area contributed by atoms with Crippen LogP contribution in [-0.4, -0.2) is 32.3 Å². The third kappa shape index (κ3) is 2.48. The molecule has 6 heteroatoms. The molecule has 0 unspecified atom stereocenters. The van der Waals surface area contributed by atoms with Gasteiger partial charge in [-0.3, -0.25) is 4.79 Å². The smallest absolute Gasteiger partial charge is 0.231 e. The van der Waals surface area contributed by atoms with Gasteiger partial charge in [-0.15, -0.1) is 0 Å². The van der Waals surface area contributed by atoms with Crippen LogP contribution in [-0.2, 0) is 4.79 Å². The van der Waals surface area contributed by atoms with E-state index in [1.807, 2.05) is 18.2 Å². The van der Waals surface area contributed by atoms with Crippen LogP contribution in [0.15, 0.2) is 36.4 Å². The summed E-state index contributed by atoms with van der Waals surface area (Å²) in [6.45, 7) is 1.84. The Bertz CT molecular complexity index is 884. The van der Waals surface area contributed by atoms with E-state index in [0.717, 1.165) is 23.5 Å². The molecule has 0 N–H and O–H groups in total. The molecule has 1 fully saturated rings. The number of nitrogens with zero attached hydrogens (tertiary/aromatic N) is 1. The zero-order chi connectivity index (χ0) is 17.7. The number of ether oxygens (including phenoxy) is 3. The summed E-state index contributed by atoms with van der Waals surface area (Å²) < 4.78 is 30.9.